The minimum absolute atomic E-state index is 0.342. The molecule has 1 aromatic rings. The van der Waals surface area contributed by atoms with Crippen LogP contribution in [0.25, 0.3) is 0 Å². The summed E-state index contributed by atoms with van der Waals surface area (Å²) in [6.45, 7) is 3.70. The Bertz CT molecular complexity index is 447. The number of hydrogen-bond acceptors (Lipinski definition) is 6. The summed E-state index contributed by atoms with van der Waals surface area (Å²) in [4.78, 5) is 8.24. The zero-order valence-electron chi connectivity index (χ0n) is 11.7. The molecule has 1 saturated carbocycles. The Morgan fingerprint density at radius 1 is 1.15 bits per heavy atom. The maximum absolute atomic E-state index is 10.8. The Morgan fingerprint density at radius 3 is 2.30 bits per heavy atom. The Balaban J connectivity index is 1.70. The van der Waals surface area contributed by atoms with Crippen LogP contribution >= 0.6 is 0 Å². The zero-order valence-corrected chi connectivity index (χ0v) is 11.7. The van der Waals surface area contributed by atoms with Gasteiger partial charge in [-0.25, -0.2) is 9.97 Å². The Hall–Kier alpha value is -1.24. The first-order chi connectivity index (χ1) is 9.66. The van der Waals surface area contributed by atoms with E-state index in [4.69, 9.17) is 14.2 Å². The van der Waals surface area contributed by atoms with Crippen LogP contribution in [0.1, 0.15) is 38.2 Å². The fraction of sp³-hybridized carbons (Fsp3) is 0.714. The minimum atomic E-state index is -0.898. The lowest BCUT2D eigenvalue weighted by Crippen LogP contribution is -2.42. The molecule has 1 saturated heterocycles. The fourth-order valence-electron chi connectivity index (χ4n) is 2.88. The number of aliphatic hydroxyl groups is 1. The highest BCUT2D eigenvalue weighted by atomic mass is 16.7. The number of rotatable bonds is 3. The highest BCUT2D eigenvalue weighted by Gasteiger charge is 2.46. The molecule has 0 radical (unpaired) electrons. The van der Waals surface area contributed by atoms with Crippen LogP contribution in [0.5, 0.6) is 6.01 Å². The van der Waals surface area contributed by atoms with Crippen molar-refractivity contribution >= 4 is 0 Å². The summed E-state index contributed by atoms with van der Waals surface area (Å²) in [6.07, 6.45) is 5.85. The first-order valence-electron chi connectivity index (χ1n) is 7.11. The predicted molar refractivity (Wildman–Crippen MR) is 70.2 cm³/mol. The molecule has 6 heteroatoms. The summed E-state index contributed by atoms with van der Waals surface area (Å²) in [5.74, 6) is -0.474. The van der Waals surface area contributed by atoms with Crippen LogP contribution in [0.3, 0.4) is 0 Å². The predicted octanol–water partition coefficient (Wildman–Crippen LogP) is 1.38. The molecule has 1 aliphatic heterocycles. The van der Waals surface area contributed by atoms with Gasteiger partial charge in [0.05, 0.1) is 25.4 Å². The smallest absolute Gasteiger partial charge is 0.316 e. The van der Waals surface area contributed by atoms with E-state index in [-0.39, 0.29) is 0 Å². The van der Waals surface area contributed by atoms with Crippen molar-refractivity contribution in [3.63, 3.8) is 0 Å². The highest BCUT2D eigenvalue weighted by molar-refractivity contribution is 5.18. The van der Waals surface area contributed by atoms with Gasteiger partial charge in [-0.2, -0.15) is 0 Å². The summed E-state index contributed by atoms with van der Waals surface area (Å²) in [5.41, 5.74) is -0.167. The van der Waals surface area contributed by atoms with Crippen molar-refractivity contribution in [3.8, 4) is 6.01 Å². The zero-order chi connectivity index (χ0) is 14.1. The van der Waals surface area contributed by atoms with E-state index >= 15 is 0 Å². The lowest BCUT2D eigenvalue weighted by atomic mass is 9.78. The van der Waals surface area contributed by atoms with Crippen LogP contribution < -0.4 is 4.74 Å². The molecule has 0 amide bonds. The van der Waals surface area contributed by atoms with Gasteiger partial charge < -0.3 is 19.3 Å². The third-order valence-corrected chi connectivity index (χ3v) is 4.09. The first kappa shape index (κ1) is 13.7. The largest absolute Gasteiger partial charge is 0.464 e. The van der Waals surface area contributed by atoms with Crippen molar-refractivity contribution in [1.82, 2.24) is 9.97 Å². The summed E-state index contributed by atoms with van der Waals surface area (Å²) < 4.78 is 16.6. The molecule has 6 nitrogen and oxygen atoms in total. The maximum Gasteiger partial charge on any atom is 0.316 e. The summed E-state index contributed by atoms with van der Waals surface area (Å²) in [7, 11) is 0. The van der Waals surface area contributed by atoms with Crippen LogP contribution in [-0.4, -0.2) is 40.7 Å². The third-order valence-electron chi connectivity index (χ3n) is 4.09. The lowest BCUT2D eigenvalue weighted by Gasteiger charge is -2.40. The van der Waals surface area contributed by atoms with Crippen molar-refractivity contribution in [2.24, 2.45) is 0 Å². The molecular formula is C14H20N2O4. The average molecular weight is 280 g/mol. The number of ether oxygens (including phenoxy) is 3. The second-order valence-electron chi connectivity index (χ2n) is 5.33. The topological polar surface area (TPSA) is 73.7 Å². The monoisotopic (exact) mass is 280 g/mol. The van der Waals surface area contributed by atoms with E-state index in [2.05, 4.69) is 9.97 Å². The van der Waals surface area contributed by atoms with Gasteiger partial charge in [-0.15, -0.1) is 0 Å². The molecule has 0 aromatic carbocycles. The second-order valence-corrected chi connectivity index (χ2v) is 5.33. The van der Waals surface area contributed by atoms with E-state index in [0.717, 1.165) is 5.56 Å². The van der Waals surface area contributed by atoms with E-state index in [1.807, 2.05) is 6.92 Å². The number of hydrogen-bond donors (Lipinski definition) is 1. The van der Waals surface area contributed by atoms with E-state index in [1.165, 1.54) is 0 Å². The van der Waals surface area contributed by atoms with Crippen LogP contribution in [0.2, 0.25) is 0 Å². The minimum Gasteiger partial charge on any atom is -0.464 e. The van der Waals surface area contributed by atoms with Gasteiger partial charge in [-0.05, 0) is 19.8 Å². The molecule has 0 bridgehead atoms. The van der Waals surface area contributed by atoms with Crippen molar-refractivity contribution in [1.29, 1.82) is 0 Å². The van der Waals surface area contributed by atoms with Crippen molar-refractivity contribution < 1.29 is 19.3 Å². The van der Waals surface area contributed by atoms with Crippen molar-refractivity contribution in [3.05, 3.63) is 18.0 Å². The van der Waals surface area contributed by atoms with Gasteiger partial charge in [-0.1, -0.05) is 0 Å². The van der Waals surface area contributed by atoms with E-state index in [0.29, 0.717) is 51.5 Å². The van der Waals surface area contributed by atoms with Crippen molar-refractivity contribution in [2.45, 2.75) is 44.0 Å². The Kier molecular flexibility index (Phi) is 3.62. The molecule has 2 fully saturated rings. The Morgan fingerprint density at radius 2 is 1.75 bits per heavy atom. The SMILES string of the molecule is CCOc1ncc(C2(O)CCC3(CC2)OCCO3)cn1. The average Bonchev–Trinajstić information content (AvgIpc) is 2.93. The van der Waals surface area contributed by atoms with Crippen LogP contribution in [0.4, 0.5) is 0 Å². The van der Waals surface area contributed by atoms with E-state index in [9.17, 15) is 5.11 Å². The van der Waals surface area contributed by atoms with Crippen molar-refractivity contribution in [2.75, 3.05) is 19.8 Å². The number of nitrogens with zero attached hydrogens (tertiary/aromatic N) is 2. The molecule has 1 aromatic heterocycles. The molecule has 0 unspecified atom stereocenters. The highest BCUT2D eigenvalue weighted by Crippen LogP contribution is 2.44. The molecule has 1 aliphatic carbocycles. The summed E-state index contributed by atoms with van der Waals surface area (Å²) in [5, 5.41) is 10.8. The van der Waals surface area contributed by atoms with E-state index < -0.39 is 11.4 Å². The van der Waals surface area contributed by atoms with Gasteiger partial charge in [0, 0.05) is 30.8 Å². The van der Waals surface area contributed by atoms with Crippen LogP contribution in [0, 0.1) is 0 Å². The fourth-order valence-corrected chi connectivity index (χ4v) is 2.88. The molecule has 3 rings (SSSR count). The molecule has 2 heterocycles. The lowest BCUT2D eigenvalue weighted by molar-refractivity contribution is -0.204. The quantitative estimate of drug-likeness (QED) is 0.901. The van der Waals surface area contributed by atoms with Gasteiger partial charge in [-0.3, -0.25) is 0 Å². The van der Waals surface area contributed by atoms with Gasteiger partial charge in [0.2, 0.25) is 0 Å². The van der Waals surface area contributed by atoms with Gasteiger partial charge in [0.1, 0.15) is 0 Å². The van der Waals surface area contributed by atoms with Gasteiger partial charge in [0.25, 0.3) is 0 Å². The second kappa shape index (κ2) is 5.27. The van der Waals surface area contributed by atoms with Gasteiger partial charge >= 0.3 is 6.01 Å². The first-order valence-corrected chi connectivity index (χ1v) is 7.11. The molecule has 1 N–H and O–H groups in total. The molecule has 1 spiro atoms. The normalized spacial score (nSPS) is 23.9. The summed E-state index contributed by atoms with van der Waals surface area (Å²) >= 11 is 0. The van der Waals surface area contributed by atoms with E-state index in [1.54, 1.807) is 12.4 Å². The third kappa shape index (κ3) is 2.51. The van der Waals surface area contributed by atoms with Gasteiger partial charge in [0.15, 0.2) is 5.79 Å². The molecule has 20 heavy (non-hydrogen) atoms. The standard InChI is InChI=1S/C14H20N2O4/c1-2-18-12-15-9-11(10-16-12)13(17)3-5-14(6-4-13)19-7-8-20-14/h9-10,17H,2-8H2,1H3. The molecule has 110 valence electrons. The van der Waals surface area contributed by atoms with Crippen LogP contribution in [0.15, 0.2) is 12.4 Å². The Labute approximate surface area is 118 Å². The molecule has 2 aliphatic rings. The number of aromatic nitrogens is 2. The molecular weight excluding hydrogens is 260 g/mol. The maximum atomic E-state index is 10.8. The van der Waals surface area contributed by atoms with Crippen LogP contribution in [-0.2, 0) is 15.1 Å². The summed E-state index contributed by atoms with van der Waals surface area (Å²) in [6, 6.07) is 0.342. The molecule has 0 atom stereocenters.